The van der Waals surface area contributed by atoms with Gasteiger partial charge in [-0.1, -0.05) is 19.3 Å². The van der Waals surface area contributed by atoms with Crippen LogP contribution < -0.4 is 22.1 Å². The minimum absolute atomic E-state index is 0.318. The molecule has 19 heavy (non-hydrogen) atoms. The number of hydrogen-bond donors (Lipinski definition) is 6. The van der Waals surface area contributed by atoms with Gasteiger partial charge in [-0.25, -0.2) is 0 Å². The molecule has 0 aliphatic carbocycles. The molecule has 0 saturated carbocycles. The van der Waals surface area contributed by atoms with Crippen LogP contribution in [-0.2, 0) is 0 Å². The summed E-state index contributed by atoms with van der Waals surface area (Å²) in [7, 11) is 0. The van der Waals surface area contributed by atoms with Crippen LogP contribution >= 0.6 is 0 Å². The number of nitrogens with two attached hydrogens (primary N) is 2. The van der Waals surface area contributed by atoms with Gasteiger partial charge in [-0.2, -0.15) is 0 Å². The van der Waals surface area contributed by atoms with Crippen molar-refractivity contribution in [3.63, 3.8) is 0 Å². The maximum Gasteiger partial charge on any atom is 0.0786 e. The van der Waals surface area contributed by atoms with Crippen molar-refractivity contribution < 1.29 is 10.2 Å². The normalized spacial score (nSPS) is 14.5. The summed E-state index contributed by atoms with van der Waals surface area (Å²) in [6, 6.07) is 0. The highest BCUT2D eigenvalue weighted by atomic mass is 16.3. The average Bonchev–Trinajstić information content (AvgIpc) is 2.43. The highest BCUT2D eigenvalue weighted by Gasteiger charge is 1.99. The maximum absolute atomic E-state index is 9.22. The molecule has 0 heterocycles. The molecule has 6 nitrogen and oxygen atoms in total. The highest BCUT2D eigenvalue weighted by Crippen LogP contribution is 2.01. The molecule has 0 saturated heterocycles. The minimum atomic E-state index is -0.421. The molecular formula is C13H32N4O2. The number of unbranched alkanes of at least 4 members (excludes halogenated alkanes) is 4. The second-order valence-electron chi connectivity index (χ2n) is 4.96. The summed E-state index contributed by atoms with van der Waals surface area (Å²) < 4.78 is 0. The van der Waals surface area contributed by atoms with Crippen LogP contribution in [0.15, 0.2) is 0 Å². The monoisotopic (exact) mass is 276 g/mol. The molecule has 0 aromatic carbocycles. The van der Waals surface area contributed by atoms with Crippen molar-refractivity contribution >= 4 is 0 Å². The number of rotatable bonds is 14. The first-order valence-electron chi connectivity index (χ1n) is 7.38. The van der Waals surface area contributed by atoms with Gasteiger partial charge in [0.1, 0.15) is 0 Å². The molecule has 0 amide bonds. The summed E-state index contributed by atoms with van der Waals surface area (Å²) >= 11 is 0. The van der Waals surface area contributed by atoms with Gasteiger partial charge in [-0.15, -0.1) is 0 Å². The van der Waals surface area contributed by atoms with Gasteiger partial charge in [0.05, 0.1) is 12.2 Å². The van der Waals surface area contributed by atoms with E-state index in [1.165, 1.54) is 19.3 Å². The van der Waals surface area contributed by atoms with E-state index in [0.29, 0.717) is 26.2 Å². The van der Waals surface area contributed by atoms with E-state index >= 15 is 0 Å². The fourth-order valence-corrected chi connectivity index (χ4v) is 1.73. The van der Waals surface area contributed by atoms with Crippen molar-refractivity contribution in [2.75, 3.05) is 39.3 Å². The zero-order valence-electron chi connectivity index (χ0n) is 12.0. The first kappa shape index (κ1) is 18.8. The van der Waals surface area contributed by atoms with Gasteiger partial charge >= 0.3 is 0 Å². The summed E-state index contributed by atoms with van der Waals surface area (Å²) in [4.78, 5) is 0. The fourth-order valence-electron chi connectivity index (χ4n) is 1.73. The van der Waals surface area contributed by atoms with Crippen LogP contribution in [0.3, 0.4) is 0 Å². The summed E-state index contributed by atoms with van der Waals surface area (Å²) in [5.41, 5.74) is 10.6. The zero-order valence-corrected chi connectivity index (χ0v) is 12.0. The summed E-state index contributed by atoms with van der Waals surface area (Å²) in [5, 5.41) is 24.8. The van der Waals surface area contributed by atoms with Gasteiger partial charge in [-0.3, -0.25) is 0 Å². The van der Waals surface area contributed by atoms with Crippen molar-refractivity contribution in [3.8, 4) is 0 Å². The molecule has 0 rings (SSSR count). The van der Waals surface area contributed by atoms with Crippen molar-refractivity contribution in [3.05, 3.63) is 0 Å². The summed E-state index contributed by atoms with van der Waals surface area (Å²) in [6.07, 6.45) is 5.06. The molecule has 2 atom stereocenters. The van der Waals surface area contributed by atoms with Crippen LogP contribution in [0, 0.1) is 0 Å². The lowest BCUT2D eigenvalue weighted by atomic mass is 10.1. The van der Waals surface area contributed by atoms with Crippen molar-refractivity contribution in [1.29, 1.82) is 0 Å². The third kappa shape index (κ3) is 14.0. The maximum atomic E-state index is 9.22. The number of hydrogen-bond acceptors (Lipinski definition) is 6. The predicted molar refractivity (Wildman–Crippen MR) is 78.9 cm³/mol. The molecule has 0 aromatic rings. The van der Waals surface area contributed by atoms with Gasteiger partial charge in [-0.05, 0) is 25.9 Å². The molecule has 0 fully saturated rings. The first-order valence-corrected chi connectivity index (χ1v) is 7.38. The predicted octanol–water partition coefficient (Wildman–Crippen LogP) is -1.24. The Morgan fingerprint density at radius 3 is 1.42 bits per heavy atom. The van der Waals surface area contributed by atoms with E-state index in [0.717, 1.165) is 25.9 Å². The Kier molecular flexibility index (Phi) is 14.0. The number of aliphatic hydroxyl groups excluding tert-OH is 2. The van der Waals surface area contributed by atoms with Gasteiger partial charge in [0.2, 0.25) is 0 Å². The molecular weight excluding hydrogens is 244 g/mol. The first-order chi connectivity index (χ1) is 9.20. The molecule has 0 aliphatic heterocycles. The Balaban J connectivity index is 3.03. The second-order valence-corrected chi connectivity index (χ2v) is 4.96. The van der Waals surface area contributed by atoms with Gasteiger partial charge < -0.3 is 32.3 Å². The third-order valence-corrected chi connectivity index (χ3v) is 3.01. The van der Waals surface area contributed by atoms with E-state index in [4.69, 9.17) is 11.5 Å². The Morgan fingerprint density at radius 1 is 0.684 bits per heavy atom. The molecule has 0 bridgehead atoms. The van der Waals surface area contributed by atoms with E-state index < -0.39 is 12.2 Å². The molecule has 8 N–H and O–H groups in total. The zero-order chi connectivity index (χ0) is 14.3. The van der Waals surface area contributed by atoms with Gasteiger partial charge in [0.15, 0.2) is 0 Å². The molecule has 116 valence electrons. The van der Waals surface area contributed by atoms with E-state index in [-0.39, 0.29) is 0 Å². The lowest BCUT2D eigenvalue weighted by molar-refractivity contribution is 0.179. The Bertz CT molecular complexity index is 166. The molecule has 0 spiro atoms. The molecule has 0 aliphatic rings. The van der Waals surface area contributed by atoms with Crippen LogP contribution in [0.4, 0.5) is 0 Å². The Morgan fingerprint density at radius 2 is 1.05 bits per heavy atom. The number of aliphatic hydroxyl groups is 2. The fraction of sp³-hybridized carbons (Fsp3) is 1.00. The molecule has 0 radical (unpaired) electrons. The van der Waals surface area contributed by atoms with Gasteiger partial charge in [0.25, 0.3) is 0 Å². The third-order valence-electron chi connectivity index (χ3n) is 3.01. The average molecular weight is 276 g/mol. The van der Waals surface area contributed by atoms with Crippen molar-refractivity contribution in [2.45, 2.75) is 44.3 Å². The Labute approximate surface area is 116 Å². The second kappa shape index (κ2) is 14.2. The molecule has 2 unspecified atom stereocenters. The van der Waals surface area contributed by atoms with E-state index in [1.54, 1.807) is 0 Å². The topological polar surface area (TPSA) is 117 Å². The van der Waals surface area contributed by atoms with Crippen LogP contribution in [0.2, 0.25) is 0 Å². The van der Waals surface area contributed by atoms with Crippen LogP contribution in [-0.4, -0.2) is 61.7 Å². The van der Waals surface area contributed by atoms with Crippen LogP contribution in [0.25, 0.3) is 0 Å². The quantitative estimate of drug-likeness (QED) is 0.221. The lowest BCUT2D eigenvalue weighted by Crippen LogP contribution is -2.33. The van der Waals surface area contributed by atoms with Crippen molar-refractivity contribution in [2.24, 2.45) is 11.5 Å². The summed E-state index contributed by atoms with van der Waals surface area (Å²) in [6.45, 7) is 3.70. The SMILES string of the molecule is NCC(O)CNCCCCCCCNCC(O)CN. The minimum Gasteiger partial charge on any atom is -0.390 e. The van der Waals surface area contributed by atoms with E-state index in [2.05, 4.69) is 10.6 Å². The van der Waals surface area contributed by atoms with Crippen LogP contribution in [0.1, 0.15) is 32.1 Å². The smallest absolute Gasteiger partial charge is 0.0786 e. The van der Waals surface area contributed by atoms with Gasteiger partial charge in [0, 0.05) is 26.2 Å². The lowest BCUT2D eigenvalue weighted by Gasteiger charge is -2.09. The van der Waals surface area contributed by atoms with E-state index in [9.17, 15) is 10.2 Å². The molecule has 0 aromatic heterocycles. The van der Waals surface area contributed by atoms with Crippen molar-refractivity contribution in [1.82, 2.24) is 10.6 Å². The highest BCUT2D eigenvalue weighted by molar-refractivity contribution is 4.60. The molecule has 6 heteroatoms. The Hall–Kier alpha value is -0.240. The van der Waals surface area contributed by atoms with E-state index in [1.807, 2.05) is 0 Å². The largest absolute Gasteiger partial charge is 0.390 e. The number of nitrogens with one attached hydrogen (secondary N) is 2. The summed E-state index contributed by atoms with van der Waals surface area (Å²) in [5.74, 6) is 0. The van der Waals surface area contributed by atoms with Crippen LogP contribution in [0.5, 0.6) is 0 Å². The standard InChI is InChI=1S/C13H32N4O2/c14-8-12(18)10-16-6-4-2-1-3-5-7-17-11-13(19)9-15/h12-13,16-19H,1-11,14-15H2.